The highest BCUT2D eigenvalue weighted by atomic mass is 16.5. The lowest BCUT2D eigenvalue weighted by molar-refractivity contribution is -0.146. The molecule has 2 atom stereocenters. The van der Waals surface area contributed by atoms with E-state index in [0.29, 0.717) is 6.42 Å². The van der Waals surface area contributed by atoms with E-state index in [-0.39, 0.29) is 34.4 Å². The highest BCUT2D eigenvalue weighted by Crippen LogP contribution is 2.01. The lowest BCUT2D eigenvalue weighted by atomic mass is 10.2. The molecule has 3 nitrogen and oxygen atoms in total. The Morgan fingerprint density at radius 2 is 1.69 bits per heavy atom. The second kappa shape index (κ2) is 11.4. The number of aliphatic hydroxyl groups excluding tert-OH is 1. The topological polar surface area (TPSA) is 46.5 Å². The van der Waals surface area contributed by atoms with Gasteiger partial charge in [0.1, 0.15) is 6.10 Å². The molecule has 84 valence electrons. The number of carbonyl (C=O) groups is 1. The molecule has 0 radical (unpaired) electrons. The van der Waals surface area contributed by atoms with Crippen LogP contribution in [-0.2, 0) is 9.53 Å². The van der Waals surface area contributed by atoms with Gasteiger partial charge in [0.15, 0.2) is 0 Å². The summed E-state index contributed by atoms with van der Waals surface area (Å²) in [6.45, 7) is 4.78. The van der Waals surface area contributed by atoms with E-state index < -0.39 is 6.10 Å². The van der Waals surface area contributed by atoms with Gasteiger partial charge in [-0.3, -0.25) is 4.79 Å². The Hall–Kier alpha value is -0.570. The van der Waals surface area contributed by atoms with Crippen LogP contribution in [0.3, 0.4) is 0 Å². The minimum absolute atomic E-state index is 0. The largest absolute Gasteiger partial charge is 0.463 e. The minimum atomic E-state index is -0.408. The second-order valence-electron chi connectivity index (χ2n) is 2.50. The molecule has 0 heterocycles. The van der Waals surface area contributed by atoms with Crippen LogP contribution in [0.4, 0.5) is 0 Å². The van der Waals surface area contributed by atoms with Crippen molar-refractivity contribution in [3.8, 4) is 0 Å². The molecular weight excluding hydrogens is 168 g/mol. The van der Waals surface area contributed by atoms with Crippen LogP contribution in [0.25, 0.3) is 0 Å². The summed E-state index contributed by atoms with van der Waals surface area (Å²) in [4.78, 5) is 10.3. The fourth-order valence-corrected chi connectivity index (χ4v) is 0.812. The first-order valence-electron chi connectivity index (χ1n) is 3.37. The summed E-state index contributed by atoms with van der Waals surface area (Å²) < 4.78 is 4.76. The molecule has 0 aromatic carbocycles. The monoisotopic (exact) mass is 194 g/mol. The molecule has 0 saturated heterocycles. The quantitative estimate of drug-likeness (QED) is 0.702. The summed E-state index contributed by atoms with van der Waals surface area (Å²) >= 11 is 0. The van der Waals surface area contributed by atoms with E-state index in [1.807, 2.05) is 0 Å². The average Bonchev–Trinajstić information content (AvgIpc) is 1.58. The maximum absolute atomic E-state index is 10.3. The van der Waals surface area contributed by atoms with Gasteiger partial charge in [0.2, 0.25) is 0 Å². The zero-order valence-electron chi connectivity index (χ0n) is 6.63. The van der Waals surface area contributed by atoms with Crippen LogP contribution < -0.4 is 0 Å². The van der Waals surface area contributed by atoms with Crippen molar-refractivity contribution in [3.63, 3.8) is 0 Å². The molecule has 0 rings (SSSR count). The van der Waals surface area contributed by atoms with Crippen LogP contribution in [0.1, 0.15) is 49.5 Å². The van der Waals surface area contributed by atoms with Crippen LogP contribution in [-0.4, -0.2) is 23.3 Å². The fourth-order valence-electron chi connectivity index (χ4n) is 0.812. The Morgan fingerprint density at radius 3 is 1.92 bits per heavy atom. The van der Waals surface area contributed by atoms with Crippen LogP contribution >= 0.6 is 0 Å². The Morgan fingerprint density at radius 1 is 1.31 bits per heavy atom. The number of esters is 1. The normalized spacial score (nSPS) is 12.3. The number of aliphatic hydroxyl groups is 1. The Bertz CT molecular complexity index is 111. The summed E-state index contributed by atoms with van der Waals surface area (Å²) in [6, 6.07) is 0. The van der Waals surface area contributed by atoms with Crippen molar-refractivity contribution in [3.05, 3.63) is 0 Å². The van der Waals surface area contributed by atoms with E-state index >= 15 is 0 Å². The third-order valence-electron chi connectivity index (χ3n) is 1.04. The highest BCUT2D eigenvalue weighted by Gasteiger charge is 2.07. The van der Waals surface area contributed by atoms with Crippen LogP contribution in [0.5, 0.6) is 0 Å². The lowest BCUT2D eigenvalue weighted by Crippen LogP contribution is -2.17. The van der Waals surface area contributed by atoms with E-state index in [2.05, 4.69) is 0 Å². The van der Waals surface area contributed by atoms with E-state index in [0.717, 1.165) is 0 Å². The van der Waals surface area contributed by atoms with Crippen molar-refractivity contribution in [1.29, 1.82) is 0 Å². The van der Waals surface area contributed by atoms with Crippen LogP contribution in [0.2, 0.25) is 0 Å². The van der Waals surface area contributed by atoms with E-state index in [1.165, 1.54) is 6.92 Å². The Labute approximate surface area is 83.1 Å². The van der Waals surface area contributed by atoms with E-state index in [1.54, 1.807) is 13.8 Å². The van der Waals surface area contributed by atoms with Gasteiger partial charge in [-0.25, -0.2) is 0 Å². The molecule has 0 bridgehead atoms. The molecule has 0 aromatic rings. The first-order valence-corrected chi connectivity index (χ1v) is 3.37. The number of carbonyl (C=O) groups excluding carboxylic acids is 1. The summed E-state index contributed by atoms with van der Waals surface area (Å²) in [5.41, 5.74) is 0. The van der Waals surface area contributed by atoms with Gasteiger partial charge >= 0.3 is 5.97 Å². The lowest BCUT2D eigenvalue weighted by Gasteiger charge is -2.12. The van der Waals surface area contributed by atoms with Crippen molar-refractivity contribution in [2.75, 3.05) is 0 Å². The van der Waals surface area contributed by atoms with Gasteiger partial charge in [0, 0.05) is 13.3 Å². The number of hydrogen-bond acceptors (Lipinski definition) is 3. The molecule has 0 aliphatic carbocycles. The molecule has 0 saturated carbocycles. The standard InChI is InChI=1S/C7H14O3.3CH4/c1-5(8)4-6(2)10-7(3)9;;;/h5-6,8H,4H2,1-3H3;3*1H4. The summed E-state index contributed by atoms with van der Waals surface area (Å²) in [7, 11) is 0. The highest BCUT2D eigenvalue weighted by molar-refractivity contribution is 5.66. The van der Waals surface area contributed by atoms with Crippen molar-refractivity contribution in [2.45, 2.75) is 61.7 Å². The summed E-state index contributed by atoms with van der Waals surface area (Å²) in [5, 5.41) is 8.84. The molecule has 0 aromatic heterocycles. The molecular formula is C10H26O3. The fraction of sp³-hybridized carbons (Fsp3) is 0.900. The van der Waals surface area contributed by atoms with Crippen molar-refractivity contribution in [1.82, 2.24) is 0 Å². The third kappa shape index (κ3) is 18.4. The zero-order chi connectivity index (χ0) is 8.15. The molecule has 0 amide bonds. The molecule has 1 N–H and O–H groups in total. The zero-order valence-corrected chi connectivity index (χ0v) is 6.63. The van der Waals surface area contributed by atoms with Gasteiger partial charge < -0.3 is 9.84 Å². The molecule has 0 spiro atoms. The average molecular weight is 194 g/mol. The number of hydrogen-bond donors (Lipinski definition) is 1. The smallest absolute Gasteiger partial charge is 0.302 e. The Balaban J connectivity index is -0.000000135. The second-order valence-corrected chi connectivity index (χ2v) is 2.50. The van der Waals surface area contributed by atoms with E-state index in [4.69, 9.17) is 9.84 Å². The first kappa shape index (κ1) is 22.9. The molecule has 0 fully saturated rings. The molecule has 3 heteroatoms. The molecule has 2 unspecified atom stereocenters. The minimum Gasteiger partial charge on any atom is -0.463 e. The Kier molecular flexibility index (Phi) is 20.1. The first-order chi connectivity index (χ1) is 4.52. The molecule has 0 aliphatic heterocycles. The molecule has 13 heavy (non-hydrogen) atoms. The van der Waals surface area contributed by atoms with Gasteiger partial charge in [-0.1, -0.05) is 22.3 Å². The maximum atomic E-state index is 10.3. The van der Waals surface area contributed by atoms with Crippen LogP contribution in [0.15, 0.2) is 0 Å². The number of rotatable bonds is 3. The molecule has 0 aliphatic rings. The van der Waals surface area contributed by atoms with Crippen molar-refractivity contribution in [2.24, 2.45) is 0 Å². The van der Waals surface area contributed by atoms with Crippen molar-refractivity contribution >= 4 is 5.97 Å². The van der Waals surface area contributed by atoms with Gasteiger partial charge in [-0.2, -0.15) is 0 Å². The van der Waals surface area contributed by atoms with Gasteiger partial charge in [-0.05, 0) is 13.8 Å². The van der Waals surface area contributed by atoms with Crippen molar-refractivity contribution < 1.29 is 14.6 Å². The van der Waals surface area contributed by atoms with Gasteiger partial charge in [0.05, 0.1) is 6.10 Å². The van der Waals surface area contributed by atoms with Gasteiger partial charge in [0.25, 0.3) is 0 Å². The third-order valence-corrected chi connectivity index (χ3v) is 1.04. The summed E-state index contributed by atoms with van der Waals surface area (Å²) in [5.74, 6) is -0.298. The maximum Gasteiger partial charge on any atom is 0.302 e. The predicted molar refractivity (Wildman–Crippen MR) is 57.7 cm³/mol. The van der Waals surface area contributed by atoms with E-state index in [9.17, 15) is 4.79 Å². The predicted octanol–water partition coefficient (Wildman–Crippen LogP) is 2.62. The number of ether oxygens (including phenoxy) is 1. The SMILES string of the molecule is C.C.C.CC(=O)OC(C)CC(C)O. The van der Waals surface area contributed by atoms with Gasteiger partial charge in [-0.15, -0.1) is 0 Å². The van der Waals surface area contributed by atoms with Crippen LogP contribution in [0, 0.1) is 0 Å². The summed E-state index contributed by atoms with van der Waals surface area (Å²) in [6.07, 6.45) is -0.0913.